The fraction of sp³-hybridized carbons (Fsp3) is 0.0588. The van der Waals surface area contributed by atoms with Crippen LogP contribution >= 0.6 is 0 Å². The summed E-state index contributed by atoms with van der Waals surface area (Å²) in [5.74, 6) is -6.24. The Morgan fingerprint density at radius 2 is 0.345 bits per heavy atom. The van der Waals surface area contributed by atoms with Gasteiger partial charge in [0.25, 0.3) is 0 Å². The van der Waals surface area contributed by atoms with E-state index in [1.807, 2.05) is 262 Å². The second kappa shape index (κ2) is 38.6. The Kier molecular flexibility index (Phi) is 24.4. The lowest BCUT2D eigenvalue weighted by Crippen LogP contribution is -2.14. The predicted octanol–water partition coefficient (Wildman–Crippen LogP) is 40.0. The van der Waals surface area contributed by atoms with Gasteiger partial charge >= 0.3 is 0 Å². The second-order valence-corrected chi connectivity index (χ2v) is 38.5. The van der Waals surface area contributed by atoms with Gasteiger partial charge in [0.1, 0.15) is 23.3 Å². The van der Waals surface area contributed by atoms with Gasteiger partial charge in [-0.25, -0.2) is 35.1 Å². The van der Waals surface area contributed by atoms with Crippen LogP contribution in [0.5, 0.6) is 0 Å². The first-order valence-electron chi connectivity index (χ1n) is 49.5. The van der Waals surface area contributed by atoms with Gasteiger partial charge in [-0.15, -0.1) is 0 Å². The lowest BCUT2D eigenvalue weighted by atomic mass is 9.90. The largest absolute Gasteiger partial charge is 0.307 e. The van der Waals surface area contributed by atoms with E-state index >= 15 is 35.1 Å². The van der Waals surface area contributed by atoms with E-state index in [-0.39, 0.29) is 22.7 Å². The van der Waals surface area contributed by atoms with Crippen molar-refractivity contribution in [1.29, 1.82) is 0 Å². The van der Waals surface area contributed by atoms with Crippen LogP contribution in [0.1, 0.15) is 44.5 Å². The van der Waals surface area contributed by atoms with E-state index in [1.54, 1.807) is 12.1 Å². The van der Waals surface area contributed by atoms with Crippen molar-refractivity contribution in [3.63, 3.8) is 0 Å². The third-order valence-electron chi connectivity index (χ3n) is 29.2. The maximum Gasteiger partial charge on any atom is 0.182 e. The molecule has 0 unspecified atom stereocenters. The Labute approximate surface area is 854 Å². The quantitative estimate of drug-likeness (QED) is 0.0557. The molecule has 0 saturated carbocycles. The zero-order valence-electron chi connectivity index (χ0n) is 82.4. The summed E-state index contributed by atoms with van der Waals surface area (Å²) in [6.45, 7) is 16.6. The van der Waals surface area contributed by atoms with Crippen molar-refractivity contribution in [3.05, 3.63) is 528 Å². The van der Waals surface area contributed by atoms with Crippen molar-refractivity contribution in [1.82, 2.24) is 0 Å². The summed E-state index contributed by atoms with van der Waals surface area (Å²) in [5, 5.41) is 10.3. The molecule has 12 heteroatoms. The van der Waals surface area contributed by atoms with E-state index in [9.17, 15) is 0 Å². The molecule has 0 aromatic heterocycles. The minimum Gasteiger partial charge on any atom is -0.307 e. The maximum atomic E-state index is 16.8. The zero-order valence-corrected chi connectivity index (χ0v) is 82.4. The number of hydrogen-bond acceptors (Lipinski definition) is 4. The molecule has 0 radical (unpaired) electrons. The van der Waals surface area contributed by atoms with Crippen molar-refractivity contribution >= 4 is 133 Å². The molecular weight excluding hydrogens is 1840 g/mol. The van der Waals surface area contributed by atoms with E-state index in [4.69, 9.17) is 0 Å². The molecule has 0 spiro atoms. The number of hydrogen-bond donors (Lipinski definition) is 0. The molecule has 0 N–H and O–H groups in total. The van der Waals surface area contributed by atoms with Gasteiger partial charge in [-0.2, -0.15) is 0 Å². The zero-order chi connectivity index (χ0) is 102. The van der Waals surface area contributed by atoms with Gasteiger partial charge in [-0.05, 0) is 378 Å². The average molecular weight is 1940 g/mol. The van der Waals surface area contributed by atoms with Crippen LogP contribution in [-0.4, -0.2) is 0 Å². The lowest BCUT2D eigenvalue weighted by molar-refractivity contribution is 0.510. The standard InChI is InChI=1S/2C68H48F4N2/c1-41-15-5-9-19-53(41)47-35-48(54-20-10-6-16-42(54)2)38-51(37-47)73(63-25-13-23-59(69)67(63)71)61-33-29-45-28-32-58-62(34-30-46-27-31-57(61)65(45)66(46)58)74(64-26-14-24-60(70)68(64)72)52-39-49(55-21-11-7-17-43(55)3)36-50(40-52)56-22-12-8-18-44(56)4;1-41-13-5-9-17-55(41)47-33-48(56-18-10-6-14-42(56)2)36-53(35-47)73(65-39-51(69)25-29-61(65)71)63-31-23-45-22-28-60-64(32-24-46-21-27-59(63)67(45)68(46)60)74(66-40-52(70)26-30-62(66)72)54-37-49(57-19-11-7-15-43(57)3)34-50(38-54)58-20-12-8-16-44(58)4/h2*5-40H,1-4H3. The highest BCUT2D eigenvalue weighted by atomic mass is 19.2. The van der Waals surface area contributed by atoms with Crippen molar-refractivity contribution < 1.29 is 35.1 Å². The molecule has 0 aliphatic carbocycles. The predicted molar refractivity (Wildman–Crippen MR) is 600 cm³/mol. The van der Waals surface area contributed by atoms with E-state index in [1.165, 1.54) is 36.4 Å². The molecule has 0 heterocycles. The smallest absolute Gasteiger partial charge is 0.182 e. The van der Waals surface area contributed by atoms with Crippen LogP contribution in [0, 0.1) is 102 Å². The molecule has 0 bridgehead atoms. The molecule has 24 aromatic carbocycles. The highest BCUT2D eigenvalue weighted by molar-refractivity contribution is 6.30. The normalized spacial score (nSPS) is 11.5. The number of anilines is 12. The molecule has 716 valence electrons. The highest BCUT2D eigenvalue weighted by Gasteiger charge is 2.32. The van der Waals surface area contributed by atoms with Gasteiger partial charge in [0.15, 0.2) is 23.3 Å². The van der Waals surface area contributed by atoms with Crippen LogP contribution in [0.15, 0.2) is 437 Å². The minimum atomic E-state index is -0.982. The third-order valence-corrected chi connectivity index (χ3v) is 29.2. The fourth-order valence-electron chi connectivity index (χ4n) is 22.0. The number of aryl methyl sites for hydroxylation is 8. The number of nitrogens with zero attached hydrogens (tertiary/aromatic N) is 4. The minimum absolute atomic E-state index is 0.0455. The molecule has 148 heavy (non-hydrogen) atoms. The van der Waals surface area contributed by atoms with Gasteiger partial charge in [0, 0.05) is 56.4 Å². The van der Waals surface area contributed by atoms with Crippen LogP contribution in [-0.2, 0) is 0 Å². The Bertz CT molecular complexity index is 8160. The first-order chi connectivity index (χ1) is 72.0. The van der Waals surface area contributed by atoms with Crippen LogP contribution in [0.4, 0.5) is 103 Å². The highest BCUT2D eigenvalue weighted by Crippen LogP contribution is 2.55. The van der Waals surface area contributed by atoms with E-state index in [0.717, 1.165) is 222 Å². The molecule has 0 aliphatic rings. The lowest BCUT2D eigenvalue weighted by Gasteiger charge is -2.30. The van der Waals surface area contributed by atoms with E-state index in [0.29, 0.717) is 45.5 Å². The molecule has 0 amide bonds. The van der Waals surface area contributed by atoms with Crippen LogP contribution in [0.3, 0.4) is 0 Å². The van der Waals surface area contributed by atoms with Crippen molar-refractivity contribution in [2.45, 2.75) is 55.4 Å². The summed E-state index contributed by atoms with van der Waals surface area (Å²) in [6, 6.07) is 138. The molecule has 24 rings (SSSR count). The van der Waals surface area contributed by atoms with Gasteiger partial charge < -0.3 is 19.6 Å². The van der Waals surface area contributed by atoms with E-state index < -0.39 is 46.5 Å². The summed E-state index contributed by atoms with van der Waals surface area (Å²) in [6.07, 6.45) is 0. The van der Waals surface area contributed by atoms with Crippen molar-refractivity contribution in [3.8, 4) is 89.0 Å². The first-order valence-corrected chi connectivity index (χ1v) is 49.5. The average Bonchev–Trinajstić information content (AvgIpc) is 0.717. The molecule has 0 aliphatic heterocycles. The van der Waals surface area contributed by atoms with Gasteiger partial charge in [0.05, 0.1) is 45.5 Å². The molecule has 0 saturated heterocycles. The topological polar surface area (TPSA) is 13.0 Å². The van der Waals surface area contributed by atoms with Crippen LogP contribution < -0.4 is 19.6 Å². The molecule has 4 nitrogen and oxygen atoms in total. The third kappa shape index (κ3) is 17.0. The summed E-state index contributed by atoms with van der Waals surface area (Å²) < 4.78 is 130. The molecule has 0 fully saturated rings. The maximum absolute atomic E-state index is 16.8. The number of rotatable bonds is 20. The Morgan fingerprint density at radius 1 is 0.149 bits per heavy atom. The second-order valence-electron chi connectivity index (χ2n) is 38.5. The van der Waals surface area contributed by atoms with Crippen LogP contribution in [0.2, 0.25) is 0 Å². The van der Waals surface area contributed by atoms with Crippen molar-refractivity contribution in [2.75, 3.05) is 19.6 Å². The molecule has 24 aromatic rings. The van der Waals surface area contributed by atoms with Gasteiger partial charge in [-0.1, -0.05) is 279 Å². The van der Waals surface area contributed by atoms with Crippen LogP contribution in [0.25, 0.3) is 154 Å². The Balaban J connectivity index is 0.000000163. The number of benzene rings is 24. The Hall–Kier alpha value is -18.0. The Morgan fingerprint density at radius 3 is 0.554 bits per heavy atom. The van der Waals surface area contributed by atoms with Gasteiger partial charge in [-0.3, -0.25) is 0 Å². The molecule has 0 atom stereocenters. The summed E-state index contributed by atoms with van der Waals surface area (Å²) in [5.41, 5.74) is 29.3. The number of halogens is 8. The fourth-order valence-corrected chi connectivity index (χ4v) is 22.0. The van der Waals surface area contributed by atoms with E-state index in [2.05, 4.69) is 177 Å². The van der Waals surface area contributed by atoms with Crippen molar-refractivity contribution in [2.24, 2.45) is 0 Å². The summed E-state index contributed by atoms with van der Waals surface area (Å²) in [4.78, 5) is 7.31. The van der Waals surface area contributed by atoms with Gasteiger partial charge in [0.2, 0.25) is 0 Å². The SMILES string of the molecule is Cc1ccccc1-c1cc(-c2ccccc2C)cc(N(c2cc(F)ccc2F)c2ccc3ccc4c(N(c5cc(-c6ccccc6C)cc(-c6ccccc6C)c5)c5cc(F)ccc5F)ccc5ccc2c3c54)c1.Cc1ccccc1-c1cc(-c2ccccc2C)cc(N(c2cccc(F)c2F)c2ccc3ccc4c(N(c5cc(-c6ccccc6C)cc(-c6ccccc6C)c5)c5cccc(F)c5F)ccc5ccc2c3c54)c1. The summed E-state index contributed by atoms with van der Waals surface area (Å²) >= 11 is 0. The monoisotopic (exact) mass is 1940 g/mol. The summed E-state index contributed by atoms with van der Waals surface area (Å²) in [7, 11) is 0. The first kappa shape index (κ1) is 93.6. The molecular formula is C136H96F8N4.